The summed E-state index contributed by atoms with van der Waals surface area (Å²) >= 11 is 0. The summed E-state index contributed by atoms with van der Waals surface area (Å²) < 4.78 is 43.5. The molecule has 1 atom stereocenters. The van der Waals surface area contributed by atoms with Gasteiger partial charge in [-0.3, -0.25) is 0 Å². The number of nitrogens with two attached hydrogens (primary N) is 1. The van der Waals surface area contributed by atoms with E-state index in [4.69, 9.17) is 10.5 Å². The largest absolute Gasteiger partial charge is 0.382 e. The standard InChI is InChI=1S/C11H14F3NO/c1-2-16-4-3-10(15)7-5-8(12)11(14)9(13)6-7/h5-6,10H,2-4,15H2,1H3. The van der Waals surface area contributed by atoms with E-state index in [-0.39, 0.29) is 5.56 Å². The van der Waals surface area contributed by atoms with Crippen LogP contribution in [0.15, 0.2) is 12.1 Å². The quantitative estimate of drug-likeness (QED) is 0.626. The maximum Gasteiger partial charge on any atom is 0.194 e. The summed E-state index contributed by atoms with van der Waals surface area (Å²) in [4.78, 5) is 0. The molecule has 1 unspecified atom stereocenters. The van der Waals surface area contributed by atoms with E-state index in [2.05, 4.69) is 0 Å². The van der Waals surface area contributed by atoms with E-state index < -0.39 is 23.5 Å². The van der Waals surface area contributed by atoms with Gasteiger partial charge in [-0.05, 0) is 31.0 Å². The molecule has 0 aromatic heterocycles. The number of hydrogen-bond donors (Lipinski definition) is 1. The molecule has 1 aromatic rings. The first-order chi connectivity index (χ1) is 7.56. The van der Waals surface area contributed by atoms with E-state index >= 15 is 0 Å². The lowest BCUT2D eigenvalue weighted by Gasteiger charge is -2.12. The van der Waals surface area contributed by atoms with Gasteiger partial charge in [0.15, 0.2) is 17.5 Å². The van der Waals surface area contributed by atoms with Crippen LogP contribution < -0.4 is 5.73 Å². The van der Waals surface area contributed by atoms with Gasteiger partial charge in [0, 0.05) is 19.3 Å². The third kappa shape index (κ3) is 3.21. The summed E-state index contributed by atoms with van der Waals surface area (Å²) in [5, 5.41) is 0. The van der Waals surface area contributed by atoms with Crippen LogP contribution in [0.4, 0.5) is 13.2 Å². The molecule has 0 bridgehead atoms. The SMILES string of the molecule is CCOCCC(N)c1cc(F)c(F)c(F)c1. The molecule has 0 saturated heterocycles. The zero-order valence-corrected chi connectivity index (χ0v) is 8.97. The van der Waals surface area contributed by atoms with Crippen molar-refractivity contribution in [1.82, 2.24) is 0 Å². The predicted octanol–water partition coefficient (Wildman–Crippen LogP) is 2.53. The van der Waals surface area contributed by atoms with Gasteiger partial charge in [0.2, 0.25) is 0 Å². The van der Waals surface area contributed by atoms with Crippen molar-refractivity contribution in [2.45, 2.75) is 19.4 Å². The van der Waals surface area contributed by atoms with Gasteiger partial charge in [0.1, 0.15) is 0 Å². The van der Waals surface area contributed by atoms with Crippen molar-refractivity contribution in [2.75, 3.05) is 13.2 Å². The lowest BCUT2D eigenvalue weighted by Crippen LogP contribution is -2.14. The van der Waals surface area contributed by atoms with Crippen molar-refractivity contribution in [3.8, 4) is 0 Å². The molecular formula is C11H14F3NO. The smallest absolute Gasteiger partial charge is 0.194 e. The highest BCUT2D eigenvalue weighted by molar-refractivity contribution is 5.22. The molecule has 5 heteroatoms. The zero-order chi connectivity index (χ0) is 12.1. The minimum absolute atomic E-state index is 0.233. The van der Waals surface area contributed by atoms with Crippen molar-refractivity contribution in [3.05, 3.63) is 35.1 Å². The first-order valence-corrected chi connectivity index (χ1v) is 5.04. The van der Waals surface area contributed by atoms with E-state index in [1.165, 1.54) is 0 Å². The Bertz CT molecular complexity index is 334. The molecule has 2 N–H and O–H groups in total. The van der Waals surface area contributed by atoms with Crippen molar-refractivity contribution in [3.63, 3.8) is 0 Å². The lowest BCUT2D eigenvalue weighted by atomic mass is 10.0. The Morgan fingerprint density at radius 1 is 1.25 bits per heavy atom. The molecule has 90 valence electrons. The number of rotatable bonds is 5. The molecule has 0 fully saturated rings. The Morgan fingerprint density at radius 3 is 2.31 bits per heavy atom. The first-order valence-electron chi connectivity index (χ1n) is 5.04. The van der Waals surface area contributed by atoms with E-state index in [1.807, 2.05) is 6.92 Å². The Hall–Kier alpha value is -1.07. The van der Waals surface area contributed by atoms with E-state index in [9.17, 15) is 13.2 Å². The van der Waals surface area contributed by atoms with Crippen LogP contribution in [-0.4, -0.2) is 13.2 Å². The number of ether oxygens (including phenoxy) is 1. The third-order valence-electron chi connectivity index (χ3n) is 2.21. The normalized spacial score (nSPS) is 12.8. The highest BCUT2D eigenvalue weighted by Crippen LogP contribution is 2.19. The molecule has 0 saturated carbocycles. The van der Waals surface area contributed by atoms with Crippen LogP contribution in [0.25, 0.3) is 0 Å². The fraction of sp³-hybridized carbons (Fsp3) is 0.455. The Labute approximate surface area is 92.2 Å². The highest BCUT2D eigenvalue weighted by atomic mass is 19.2. The summed E-state index contributed by atoms with van der Waals surface area (Å²) in [7, 11) is 0. The van der Waals surface area contributed by atoms with Gasteiger partial charge >= 0.3 is 0 Å². The summed E-state index contributed by atoms with van der Waals surface area (Å²) in [6.07, 6.45) is 0.429. The van der Waals surface area contributed by atoms with Gasteiger partial charge in [-0.1, -0.05) is 0 Å². The van der Waals surface area contributed by atoms with Crippen molar-refractivity contribution in [1.29, 1.82) is 0 Å². The molecule has 1 aromatic carbocycles. The van der Waals surface area contributed by atoms with E-state index in [0.29, 0.717) is 19.6 Å². The lowest BCUT2D eigenvalue weighted by molar-refractivity contribution is 0.140. The van der Waals surface area contributed by atoms with Gasteiger partial charge < -0.3 is 10.5 Å². The third-order valence-corrected chi connectivity index (χ3v) is 2.21. The van der Waals surface area contributed by atoms with Gasteiger partial charge in [-0.2, -0.15) is 0 Å². The summed E-state index contributed by atoms with van der Waals surface area (Å²) in [5.41, 5.74) is 5.92. The van der Waals surface area contributed by atoms with Crippen LogP contribution in [-0.2, 0) is 4.74 Å². The molecule has 0 radical (unpaired) electrons. The second-order valence-corrected chi connectivity index (χ2v) is 3.39. The van der Waals surface area contributed by atoms with Crippen molar-refractivity contribution in [2.24, 2.45) is 5.73 Å². The molecule has 0 heterocycles. The Balaban J connectivity index is 2.72. The monoisotopic (exact) mass is 233 g/mol. The Kier molecular flexibility index (Phi) is 4.76. The number of benzene rings is 1. The minimum Gasteiger partial charge on any atom is -0.382 e. The van der Waals surface area contributed by atoms with Crippen LogP contribution in [0.1, 0.15) is 24.9 Å². The molecule has 0 aliphatic carbocycles. The van der Waals surface area contributed by atoms with Crippen LogP contribution >= 0.6 is 0 Å². The van der Waals surface area contributed by atoms with Crippen LogP contribution in [0.2, 0.25) is 0 Å². The maximum atomic E-state index is 12.9. The van der Waals surface area contributed by atoms with Crippen LogP contribution in [0.3, 0.4) is 0 Å². The summed E-state index contributed by atoms with van der Waals surface area (Å²) in [5.74, 6) is -3.91. The number of halogens is 3. The van der Waals surface area contributed by atoms with Gasteiger partial charge in [0.05, 0.1) is 0 Å². The molecule has 1 rings (SSSR count). The van der Waals surface area contributed by atoms with Gasteiger partial charge in [-0.25, -0.2) is 13.2 Å². The highest BCUT2D eigenvalue weighted by Gasteiger charge is 2.14. The van der Waals surface area contributed by atoms with E-state index in [0.717, 1.165) is 12.1 Å². The van der Waals surface area contributed by atoms with Gasteiger partial charge in [0.25, 0.3) is 0 Å². The average molecular weight is 233 g/mol. The van der Waals surface area contributed by atoms with Crippen LogP contribution in [0, 0.1) is 17.5 Å². The molecule has 16 heavy (non-hydrogen) atoms. The molecular weight excluding hydrogens is 219 g/mol. The fourth-order valence-corrected chi connectivity index (χ4v) is 1.31. The predicted molar refractivity (Wildman–Crippen MR) is 54.4 cm³/mol. The maximum absolute atomic E-state index is 12.9. The molecule has 0 amide bonds. The average Bonchev–Trinajstić information content (AvgIpc) is 2.25. The summed E-state index contributed by atoms with van der Waals surface area (Å²) in [6, 6.07) is 1.26. The second-order valence-electron chi connectivity index (χ2n) is 3.39. The first kappa shape index (κ1) is 13.0. The Morgan fingerprint density at radius 2 is 1.81 bits per heavy atom. The molecule has 0 aliphatic heterocycles. The topological polar surface area (TPSA) is 35.2 Å². The molecule has 0 spiro atoms. The van der Waals surface area contributed by atoms with Crippen molar-refractivity contribution < 1.29 is 17.9 Å². The summed E-state index contributed by atoms with van der Waals surface area (Å²) in [6.45, 7) is 2.79. The molecule has 2 nitrogen and oxygen atoms in total. The van der Waals surface area contributed by atoms with Crippen molar-refractivity contribution >= 4 is 0 Å². The van der Waals surface area contributed by atoms with Crippen LogP contribution in [0.5, 0.6) is 0 Å². The number of hydrogen-bond acceptors (Lipinski definition) is 2. The minimum atomic E-state index is -1.47. The fourth-order valence-electron chi connectivity index (χ4n) is 1.31. The van der Waals surface area contributed by atoms with Gasteiger partial charge in [-0.15, -0.1) is 0 Å². The second kappa shape index (κ2) is 5.86. The zero-order valence-electron chi connectivity index (χ0n) is 8.97. The molecule has 0 aliphatic rings. The van der Waals surface area contributed by atoms with E-state index in [1.54, 1.807) is 0 Å².